The summed E-state index contributed by atoms with van der Waals surface area (Å²) >= 11 is 1.81. The third-order valence-electron chi connectivity index (χ3n) is 2.93. The zero-order valence-electron chi connectivity index (χ0n) is 12.6. The van der Waals surface area contributed by atoms with Gasteiger partial charge in [0.05, 0.1) is 14.2 Å². The second-order valence-corrected chi connectivity index (χ2v) is 6.85. The predicted molar refractivity (Wildman–Crippen MR) is 81.5 cm³/mol. The standard InChI is InChI=1S/C15H24O3S/c1-7-19-14(15(2,3)4)13-11(16)8-10(17-5)9-12(13)18-6/h8-9,14,16H,7H2,1-6H3. The zero-order chi connectivity index (χ0) is 14.6. The summed E-state index contributed by atoms with van der Waals surface area (Å²) in [5, 5.41) is 10.5. The Bertz CT molecular complexity index is 424. The fraction of sp³-hybridized carbons (Fsp3) is 0.600. The summed E-state index contributed by atoms with van der Waals surface area (Å²) in [6.07, 6.45) is 0. The summed E-state index contributed by atoms with van der Waals surface area (Å²) in [4.78, 5) is 0. The van der Waals surface area contributed by atoms with Crippen LogP contribution in [0.25, 0.3) is 0 Å². The van der Waals surface area contributed by atoms with E-state index in [4.69, 9.17) is 9.47 Å². The maximum atomic E-state index is 10.3. The van der Waals surface area contributed by atoms with Crippen molar-refractivity contribution in [1.82, 2.24) is 0 Å². The fourth-order valence-electron chi connectivity index (χ4n) is 2.07. The van der Waals surface area contributed by atoms with Gasteiger partial charge in [-0.3, -0.25) is 0 Å². The highest BCUT2D eigenvalue weighted by Gasteiger charge is 2.31. The maximum Gasteiger partial charge on any atom is 0.130 e. The lowest BCUT2D eigenvalue weighted by Crippen LogP contribution is -2.17. The van der Waals surface area contributed by atoms with E-state index in [0.717, 1.165) is 11.3 Å². The Kier molecular flexibility index (Phi) is 5.41. The molecule has 0 saturated carbocycles. The molecule has 0 aliphatic rings. The third-order valence-corrected chi connectivity index (χ3v) is 4.54. The molecule has 1 aromatic rings. The summed E-state index contributed by atoms with van der Waals surface area (Å²) in [5.74, 6) is 2.50. The van der Waals surface area contributed by atoms with E-state index in [-0.39, 0.29) is 16.4 Å². The second-order valence-electron chi connectivity index (χ2n) is 5.46. The van der Waals surface area contributed by atoms with Gasteiger partial charge in [-0.25, -0.2) is 0 Å². The molecule has 0 aromatic heterocycles. The molecule has 0 aliphatic carbocycles. The Morgan fingerprint density at radius 2 is 1.84 bits per heavy atom. The molecule has 19 heavy (non-hydrogen) atoms. The van der Waals surface area contributed by atoms with Crippen molar-refractivity contribution >= 4 is 11.8 Å². The fourth-order valence-corrected chi connectivity index (χ4v) is 3.31. The first-order valence-electron chi connectivity index (χ1n) is 6.41. The van der Waals surface area contributed by atoms with Gasteiger partial charge in [0, 0.05) is 22.9 Å². The van der Waals surface area contributed by atoms with Crippen molar-refractivity contribution in [2.45, 2.75) is 32.9 Å². The molecule has 0 bridgehead atoms. The molecule has 108 valence electrons. The minimum Gasteiger partial charge on any atom is -0.507 e. The van der Waals surface area contributed by atoms with Gasteiger partial charge in [0.15, 0.2) is 0 Å². The van der Waals surface area contributed by atoms with Crippen LogP contribution in [0, 0.1) is 5.41 Å². The number of ether oxygens (including phenoxy) is 2. The van der Waals surface area contributed by atoms with Crippen LogP contribution in [0.2, 0.25) is 0 Å². The summed E-state index contributed by atoms with van der Waals surface area (Å²) < 4.78 is 10.6. The van der Waals surface area contributed by atoms with Gasteiger partial charge < -0.3 is 14.6 Å². The minimum atomic E-state index is 0.0278. The molecule has 1 atom stereocenters. The molecule has 0 radical (unpaired) electrons. The molecule has 1 unspecified atom stereocenters. The van der Waals surface area contributed by atoms with Crippen molar-refractivity contribution in [2.24, 2.45) is 5.41 Å². The number of methoxy groups -OCH3 is 2. The molecule has 0 spiro atoms. The second kappa shape index (κ2) is 6.42. The van der Waals surface area contributed by atoms with E-state index in [9.17, 15) is 5.11 Å². The van der Waals surface area contributed by atoms with Gasteiger partial charge in [-0.15, -0.1) is 0 Å². The van der Waals surface area contributed by atoms with Gasteiger partial charge in [0.1, 0.15) is 17.2 Å². The van der Waals surface area contributed by atoms with Crippen molar-refractivity contribution < 1.29 is 14.6 Å². The zero-order valence-corrected chi connectivity index (χ0v) is 13.4. The van der Waals surface area contributed by atoms with Crippen LogP contribution in [0.1, 0.15) is 38.5 Å². The van der Waals surface area contributed by atoms with Gasteiger partial charge in [-0.1, -0.05) is 27.7 Å². The van der Waals surface area contributed by atoms with Crippen molar-refractivity contribution in [3.63, 3.8) is 0 Å². The molecule has 0 heterocycles. The van der Waals surface area contributed by atoms with E-state index in [1.807, 2.05) is 17.8 Å². The predicted octanol–water partition coefficient (Wildman–Crippen LogP) is 4.25. The lowest BCUT2D eigenvalue weighted by atomic mass is 9.86. The van der Waals surface area contributed by atoms with Crippen LogP contribution in [0.3, 0.4) is 0 Å². The number of rotatable bonds is 5. The number of benzene rings is 1. The first kappa shape index (κ1) is 16.0. The van der Waals surface area contributed by atoms with Crippen LogP contribution >= 0.6 is 11.8 Å². The molecule has 0 aliphatic heterocycles. The summed E-state index contributed by atoms with van der Waals surface area (Å²) in [5.41, 5.74) is 0.877. The number of aromatic hydroxyl groups is 1. The first-order valence-corrected chi connectivity index (χ1v) is 7.46. The van der Waals surface area contributed by atoms with Crippen molar-refractivity contribution in [3.05, 3.63) is 17.7 Å². The van der Waals surface area contributed by atoms with E-state index >= 15 is 0 Å². The summed E-state index contributed by atoms with van der Waals surface area (Å²) in [6.45, 7) is 8.63. The molecule has 1 rings (SSSR count). The number of hydrogen-bond donors (Lipinski definition) is 1. The Morgan fingerprint density at radius 1 is 1.21 bits per heavy atom. The average molecular weight is 284 g/mol. The largest absolute Gasteiger partial charge is 0.507 e. The third kappa shape index (κ3) is 3.72. The topological polar surface area (TPSA) is 38.7 Å². The highest BCUT2D eigenvalue weighted by atomic mass is 32.2. The Morgan fingerprint density at radius 3 is 2.26 bits per heavy atom. The number of phenolic OH excluding ortho intramolecular Hbond substituents is 1. The highest BCUT2D eigenvalue weighted by Crippen LogP contribution is 2.51. The Hall–Kier alpha value is -1.03. The van der Waals surface area contributed by atoms with Crippen LogP contribution < -0.4 is 9.47 Å². The van der Waals surface area contributed by atoms with Crippen molar-refractivity contribution in [1.29, 1.82) is 0 Å². The van der Waals surface area contributed by atoms with E-state index in [1.54, 1.807) is 20.3 Å². The molecule has 4 heteroatoms. The highest BCUT2D eigenvalue weighted by molar-refractivity contribution is 7.99. The number of hydrogen-bond acceptors (Lipinski definition) is 4. The molecule has 0 amide bonds. The van der Waals surface area contributed by atoms with E-state index in [0.29, 0.717) is 11.5 Å². The Labute approximate surface area is 120 Å². The Balaban J connectivity index is 3.37. The quantitative estimate of drug-likeness (QED) is 0.877. The van der Waals surface area contributed by atoms with Crippen LogP contribution in [0.4, 0.5) is 0 Å². The molecule has 0 saturated heterocycles. The monoisotopic (exact) mass is 284 g/mol. The average Bonchev–Trinajstić information content (AvgIpc) is 2.34. The lowest BCUT2D eigenvalue weighted by Gasteiger charge is -2.32. The number of phenols is 1. The van der Waals surface area contributed by atoms with Crippen LogP contribution in [-0.2, 0) is 0 Å². The SMILES string of the molecule is CCSC(c1c(O)cc(OC)cc1OC)C(C)(C)C. The molecular formula is C15H24O3S. The smallest absolute Gasteiger partial charge is 0.130 e. The van der Waals surface area contributed by atoms with Gasteiger partial charge in [-0.05, 0) is 11.2 Å². The molecule has 0 fully saturated rings. The molecular weight excluding hydrogens is 260 g/mol. The van der Waals surface area contributed by atoms with Gasteiger partial charge >= 0.3 is 0 Å². The van der Waals surface area contributed by atoms with E-state index in [2.05, 4.69) is 27.7 Å². The van der Waals surface area contributed by atoms with E-state index < -0.39 is 0 Å². The van der Waals surface area contributed by atoms with Crippen LogP contribution in [-0.4, -0.2) is 25.1 Å². The first-order chi connectivity index (χ1) is 8.85. The molecule has 1 aromatic carbocycles. The lowest BCUT2D eigenvalue weighted by molar-refractivity contribution is 0.351. The summed E-state index contributed by atoms with van der Waals surface area (Å²) in [6, 6.07) is 3.47. The summed E-state index contributed by atoms with van der Waals surface area (Å²) in [7, 11) is 3.20. The van der Waals surface area contributed by atoms with Crippen molar-refractivity contribution in [3.8, 4) is 17.2 Å². The number of thioether (sulfide) groups is 1. The minimum absolute atomic E-state index is 0.0278. The van der Waals surface area contributed by atoms with Gasteiger partial charge in [0.2, 0.25) is 0 Å². The molecule has 3 nitrogen and oxygen atoms in total. The van der Waals surface area contributed by atoms with Crippen molar-refractivity contribution in [2.75, 3.05) is 20.0 Å². The van der Waals surface area contributed by atoms with Crippen LogP contribution in [0.5, 0.6) is 17.2 Å². The van der Waals surface area contributed by atoms with E-state index in [1.165, 1.54) is 0 Å². The maximum absolute atomic E-state index is 10.3. The van der Waals surface area contributed by atoms with Gasteiger partial charge in [-0.2, -0.15) is 11.8 Å². The van der Waals surface area contributed by atoms with Gasteiger partial charge in [0.25, 0.3) is 0 Å². The van der Waals surface area contributed by atoms with Crippen LogP contribution in [0.15, 0.2) is 12.1 Å². The molecule has 1 N–H and O–H groups in total. The normalized spacial score (nSPS) is 13.2.